The summed E-state index contributed by atoms with van der Waals surface area (Å²) in [6, 6.07) is 7.63. The molecule has 0 N–H and O–H groups in total. The largest absolute Gasteiger partial charge is 0.106 e. The lowest BCUT2D eigenvalue weighted by molar-refractivity contribution is 0.196. The Morgan fingerprint density at radius 2 is 1.10 bits per heavy atom. The number of hydrogen-bond donors (Lipinski definition) is 0. The normalized spacial score (nSPS) is 21.1. The highest BCUT2D eigenvalue weighted by molar-refractivity contribution is 7.27. The van der Waals surface area contributed by atoms with E-state index in [1.165, 1.54) is 38.5 Å². The molecule has 0 aliphatic heterocycles. The van der Waals surface area contributed by atoms with E-state index < -0.39 is 0 Å². The molecule has 0 nitrogen and oxygen atoms in total. The van der Waals surface area contributed by atoms with E-state index in [4.69, 9.17) is 11.6 Å². The maximum Gasteiger partial charge on any atom is 0.0406 e. The Labute approximate surface area is 131 Å². The first-order chi connectivity index (χ1) is 9.75. The molecule has 2 saturated carbocycles. The van der Waals surface area contributed by atoms with Crippen LogP contribution in [0.3, 0.4) is 0 Å². The van der Waals surface area contributed by atoms with Crippen LogP contribution in [0.5, 0.6) is 0 Å². The van der Waals surface area contributed by atoms with E-state index in [0.717, 1.165) is 22.2 Å². The van der Waals surface area contributed by atoms with Crippen molar-refractivity contribution < 1.29 is 0 Å². The smallest absolute Gasteiger partial charge is 0.0406 e. The van der Waals surface area contributed by atoms with Gasteiger partial charge in [0.2, 0.25) is 0 Å². The van der Waals surface area contributed by atoms with Crippen LogP contribution in [0.1, 0.15) is 64.2 Å². The van der Waals surface area contributed by atoms with Crippen LogP contribution in [-0.2, 0) is 0 Å². The minimum absolute atomic E-state index is 0.788. The standard InChI is InChI=1S/C12H22.C6H6ClP/c1-3-7-11(8-4-1)12-9-5-2-6-10-12;7-5-1-3-6(8)4-2-5/h11-12H,1-10H2;1-4H,8H2. The molecule has 20 heavy (non-hydrogen) atoms. The van der Waals surface area contributed by atoms with E-state index in [1.807, 2.05) is 24.3 Å². The predicted molar refractivity (Wildman–Crippen MR) is 93.9 cm³/mol. The summed E-state index contributed by atoms with van der Waals surface area (Å²) in [6.07, 6.45) is 15.4. The van der Waals surface area contributed by atoms with E-state index in [-0.39, 0.29) is 0 Å². The number of benzene rings is 1. The number of rotatable bonds is 1. The fourth-order valence-corrected chi connectivity index (χ4v) is 3.99. The molecule has 1 atom stereocenters. The lowest BCUT2D eigenvalue weighted by Crippen LogP contribution is -2.20. The third-order valence-corrected chi connectivity index (χ3v) is 5.47. The molecule has 1 aromatic rings. The Hall–Kier alpha value is -0.0600. The summed E-state index contributed by atoms with van der Waals surface area (Å²) >= 11 is 5.60. The molecule has 2 fully saturated rings. The van der Waals surface area contributed by atoms with Gasteiger partial charge in [0.1, 0.15) is 0 Å². The third-order valence-electron chi connectivity index (χ3n) is 4.84. The van der Waals surface area contributed by atoms with Crippen molar-refractivity contribution in [1.29, 1.82) is 0 Å². The van der Waals surface area contributed by atoms with Crippen LogP contribution in [0.15, 0.2) is 24.3 Å². The van der Waals surface area contributed by atoms with Gasteiger partial charge in [-0.2, -0.15) is 0 Å². The van der Waals surface area contributed by atoms with Crippen molar-refractivity contribution in [2.24, 2.45) is 11.8 Å². The second-order valence-electron chi connectivity index (χ2n) is 6.35. The molecule has 0 spiro atoms. The first-order valence-electron chi connectivity index (χ1n) is 8.27. The zero-order chi connectivity index (χ0) is 14.2. The molecule has 0 amide bonds. The molecular weight excluding hydrogens is 283 g/mol. The van der Waals surface area contributed by atoms with E-state index >= 15 is 0 Å². The quantitative estimate of drug-likeness (QED) is 0.559. The third kappa shape index (κ3) is 5.74. The summed E-state index contributed by atoms with van der Waals surface area (Å²) in [5.41, 5.74) is 0. The molecule has 0 bridgehead atoms. The van der Waals surface area contributed by atoms with E-state index in [2.05, 4.69) is 9.24 Å². The molecule has 112 valence electrons. The van der Waals surface area contributed by atoms with Crippen molar-refractivity contribution >= 4 is 26.1 Å². The minimum Gasteiger partial charge on any atom is -0.106 e. The van der Waals surface area contributed by atoms with Gasteiger partial charge in [-0.25, -0.2) is 0 Å². The monoisotopic (exact) mass is 310 g/mol. The Balaban J connectivity index is 0.000000160. The van der Waals surface area contributed by atoms with Gasteiger partial charge in [-0.05, 0) is 29.3 Å². The van der Waals surface area contributed by atoms with Gasteiger partial charge in [0.15, 0.2) is 0 Å². The number of hydrogen-bond acceptors (Lipinski definition) is 0. The average molecular weight is 311 g/mol. The summed E-state index contributed by atoms with van der Waals surface area (Å²) in [5, 5.41) is 1.95. The summed E-state index contributed by atoms with van der Waals surface area (Å²) in [5.74, 6) is 2.28. The minimum atomic E-state index is 0.788. The zero-order valence-electron chi connectivity index (χ0n) is 12.5. The van der Waals surface area contributed by atoms with E-state index in [9.17, 15) is 0 Å². The van der Waals surface area contributed by atoms with Gasteiger partial charge in [0.25, 0.3) is 0 Å². The van der Waals surface area contributed by atoms with Crippen molar-refractivity contribution in [2.45, 2.75) is 64.2 Å². The molecule has 1 aromatic carbocycles. The summed E-state index contributed by atoms with van der Waals surface area (Å²) in [4.78, 5) is 0. The van der Waals surface area contributed by atoms with Crippen molar-refractivity contribution in [3.63, 3.8) is 0 Å². The Kier molecular flexibility index (Phi) is 7.39. The van der Waals surface area contributed by atoms with Crippen LogP contribution < -0.4 is 5.30 Å². The SMILES string of the molecule is C1CCC(C2CCCCC2)CC1.Pc1ccc(Cl)cc1. The van der Waals surface area contributed by atoms with Gasteiger partial charge in [-0.3, -0.25) is 0 Å². The maximum atomic E-state index is 5.60. The Morgan fingerprint density at radius 1 is 0.700 bits per heavy atom. The second kappa shape index (κ2) is 9.06. The van der Waals surface area contributed by atoms with E-state index in [1.54, 1.807) is 25.7 Å². The first kappa shape index (κ1) is 16.3. The fourth-order valence-electron chi connectivity index (χ4n) is 3.67. The molecule has 2 aliphatic carbocycles. The van der Waals surface area contributed by atoms with Gasteiger partial charge in [0.05, 0.1) is 0 Å². The van der Waals surface area contributed by atoms with Crippen LogP contribution in [0.2, 0.25) is 5.02 Å². The number of halogens is 1. The summed E-state index contributed by atoms with van der Waals surface area (Å²) in [6.45, 7) is 0. The first-order valence-corrected chi connectivity index (χ1v) is 9.22. The van der Waals surface area contributed by atoms with Crippen molar-refractivity contribution in [1.82, 2.24) is 0 Å². The van der Waals surface area contributed by atoms with Gasteiger partial charge in [-0.1, -0.05) is 87.9 Å². The van der Waals surface area contributed by atoms with Gasteiger partial charge in [0, 0.05) is 5.02 Å². The second-order valence-corrected chi connectivity index (χ2v) is 7.45. The van der Waals surface area contributed by atoms with Crippen LogP contribution in [-0.4, -0.2) is 0 Å². The van der Waals surface area contributed by atoms with Crippen molar-refractivity contribution in [2.75, 3.05) is 0 Å². The Bertz CT molecular complexity index is 325. The maximum absolute atomic E-state index is 5.60. The molecule has 2 heteroatoms. The van der Waals surface area contributed by atoms with Gasteiger partial charge < -0.3 is 0 Å². The van der Waals surface area contributed by atoms with Gasteiger partial charge >= 0.3 is 0 Å². The highest BCUT2D eigenvalue weighted by Crippen LogP contribution is 2.37. The molecule has 0 saturated heterocycles. The van der Waals surface area contributed by atoms with Gasteiger partial charge in [-0.15, -0.1) is 9.24 Å². The summed E-state index contributed by atoms with van der Waals surface area (Å²) < 4.78 is 0. The summed E-state index contributed by atoms with van der Waals surface area (Å²) in [7, 11) is 2.59. The zero-order valence-corrected chi connectivity index (χ0v) is 14.4. The van der Waals surface area contributed by atoms with Crippen molar-refractivity contribution in [3.05, 3.63) is 29.3 Å². The van der Waals surface area contributed by atoms with Crippen molar-refractivity contribution in [3.8, 4) is 0 Å². The van der Waals surface area contributed by atoms with Crippen LogP contribution >= 0.6 is 20.8 Å². The van der Waals surface area contributed by atoms with Crippen LogP contribution in [0.4, 0.5) is 0 Å². The molecular formula is C18H28ClP. The topological polar surface area (TPSA) is 0 Å². The fraction of sp³-hybridized carbons (Fsp3) is 0.667. The predicted octanol–water partition coefficient (Wildman–Crippen LogP) is 5.99. The molecule has 2 aliphatic rings. The molecule has 0 aromatic heterocycles. The van der Waals surface area contributed by atoms with Crippen LogP contribution in [0.25, 0.3) is 0 Å². The van der Waals surface area contributed by atoms with E-state index in [0.29, 0.717) is 0 Å². The average Bonchev–Trinajstić information content (AvgIpc) is 2.53. The molecule has 1 unspecified atom stereocenters. The Morgan fingerprint density at radius 3 is 1.45 bits per heavy atom. The molecule has 3 rings (SSSR count). The lowest BCUT2D eigenvalue weighted by Gasteiger charge is -2.32. The highest BCUT2D eigenvalue weighted by atomic mass is 35.5. The lowest BCUT2D eigenvalue weighted by atomic mass is 9.73. The highest BCUT2D eigenvalue weighted by Gasteiger charge is 2.24. The molecule has 0 radical (unpaired) electrons. The van der Waals surface area contributed by atoms with Crippen LogP contribution in [0, 0.1) is 11.8 Å². The molecule has 0 heterocycles.